The van der Waals surface area contributed by atoms with E-state index in [4.69, 9.17) is 14.6 Å². The molecule has 1 unspecified atom stereocenters. The maximum absolute atomic E-state index is 11.2. The summed E-state index contributed by atoms with van der Waals surface area (Å²) < 4.78 is 10.4. The average molecular weight is 316 g/mol. The van der Waals surface area contributed by atoms with E-state index in [0.29, 0.717) is 19.1 Å². The van der Waals surface area contributed by atoms with E-state index in [1.807, 2.05) is 0 Å². The van der Waals surface area contributed by atoms with Gasteiger partial charge in [-0.15, -0.1) is 0 Å². The second kappa shape index (κ2) is 14.8. The van der Waals surface area contributed by atoms with Crippen LogP contribution >= 0.6 is 0 Å². The van der Waals surface area contributed by atoms with Crippen LogP contribution in [-0.4, -0.2) is 36.9 Å². The fourth-order valence-corrected chi connectivity index (χ4v) is 2.14. The predicted octanol–water partition coefficient (Wildman–Crippen LogP) is 3.80. The molecule has 1 atom stereocenters. The lowest BCUT2D eigenvalue weighted by molar-refractivity contribution is -0.148. The average Bonchev–Trinajstić information content (AvgIpc) is 2.48. The zero-order chi connectivity index (χ0) is 16.6. The van der Waals surface area contributed by atoms with Gasteiger partial charge in [0.05, 0.1) is 19.4 Å². The number of hydrogen-bond acceptors (Lipinski definition) is 4. The van der Waals surface area contributed by atoms with Crippen molar-refractivity contribution in [2.75, 3.05) is 19.8 Å². The number of carboxylic acid groups (broad SMARTS) is 1. The lowest BCUT2D eigenvalue weighted by Gasteiger charge is -2.12. The second-order valence-electron chi connectivity index (χ2n) is 5.85. The van der Waals surface area contributed by atoms with Crippen molar-refractivity contribution >= 4 is 11.9 Å². The Hall–Kier alpha value is -1.10. The number of carbonyl (C=O) groups excluding carboxylic acids is 1. The lowest BCUT2D eigenvalue weighted by atomic mass is 10.0. The summed E-state index contributed by atoms with van der Waals surface area (Å²) in [5, 5.41) is 8.43. The first-order valence-corrected chi connectivity index (χ1v) is 8.51. The largest absolute Gasteiger partial charge is 0.481 e. The maximum atomic E-state index is 11.2. The van der Waals surface area contributed by atoms with Crippen LogP contribution in [0.3, 0.4) is 0 Å². The van der Waals surface area contributed by atoms with E-state index in [2.05, 4.69) is 13.8 Å². The summed E-state index contributed by atoms with van der Waals surface area (Å²) in [5.74, 6) is -0.947. The maximum Gasteiger partial charge on any atom is 0.306 e. The predicted molar refractivity (Wildman–Crippen MR) is 85.8 cm³/mol. The molecule has 0 radical (unpaired) electrons. The van der Waals surface area contributed by atoms with Crippen molar-refractivity contribution in [3.05, 3.63) is 0 Å². The molecule has 5 nitrogen and oxygen atoms in total. The highest BCUT2D eigenvalue weighted by Gasteiger charge is 2.07. The van der Waals surface area contributed by atoms with E-state index >= 15 is 0 Å². The molecule has 0 aliphatic rings. The molecule has 0 saturated heterocycles. The van der Waals surface area contributed by atoms with Crippen molar-refractivity contribution in [3.8, 4) is 0 Å². The Morgan fingerprint density at radius 2 is 1.68 bits per heavy atom. The van der Waals surface area contributed by atoms with Crippen LogP contribution < -0.4 is 0 Å². The molecule has 0 heterocycles. The van der Waals surface area contributed by atoms with Crippen molar-refractivity contribution in [2.45, 2.75) is 71.6 Å². The number of rotatable bonds is 15. The molecular weight excluding hydrogens is 284 g/mol. The van der Waals surface area contributed by atoms with Crippen molar-refractivity contribution in [2.24, 2.45) is 5.92 Å². The summed E-state index contributed by atoms with van der Waals surface area (Å²) >= 11 is 0. The molecule has 0 aromatic heterocycles. The topological polar surface area (TPSA) is 72.8 Å². The van der Waals surface area contributed by atoms with Gasteiger partial charge in [-0.2, -0.15) is 0 Å². The molecule has 0 aliphatic heterocycles. The van der Waals surface area contributed by atoms with Crippen LogP contribution in [0.2, 0.25) is 0 Å². The third kappa shape index (κ3) is 15.3. The van der Waals surface area contributed by atoms with Crippen molar-refractivity contribution in [3.63, 3.8) is 0 Å². The Balaban J connectivity index is 3.32. The first-order valence-electron chi connectivity index (χ1n) is 8.51. The number of aliphatic carboxylic acids is 1. The van der Waals surface area contributed by atoms with Gasteiger partial charge in [0.2, 0.25) is 0 Å². The summed E-state index contributed by atoms with van der Waals surface area (Å²) in [6.45, 7) is 5.65. The number of carboxylic acids is 1. The highest BCUT2D eigenvalue weighted by Crippen LogP contribution is 2.12. The molecule has 0 saturated carbocycles. The van der Waals surface area contributed by atoms with Gasteiger partial charge in [0.1, 0.15) is 6.61 Å². The Morgan fingerprint density at radius 1 is 1.00 bits per heavy atom. The monoisotopic (exact) mass is 316 g/mol. The Bertz CT molecular complexity index is 291. The fourth-order valence-electron chi connectivity index (χ4n) is 2.14. The van der Waals surface area contributed by atoms with Gasteiger partial charge in [0, 0.05) is 6.61 Å². The zero-order valence-electron chi connectivity index (χ0n) is 14.1. The van der Waals surface area contributed by atoms with Crippen LogP contribution in [-0.2, 0) is 19.1 Å². The fraction of sp³-hybridized carbons (Fsp3) is 0.882. The summed E-state index contributed by atoms with van der Waals surface area (Å²) in [7, 11) is 0. The summed E-state index contributed by atoms with van der Waals surface area (Å²) in [4.78, 5) is 21.4. The van der Waals surface area contributed by atoms with Gasteiger partial charge in [-0.3, -0.25) is 9.59 Å². The Morgan fingerprint density at radius 3 is 2.36 bits per heavy atom. The molecule has 0 bridgehead atoms. The molecule has 130 valence electrons. The number of ether oxygens (including phenoxy) is 2. The van der Waals surface area contributed by atoms with E-state index in [0.717, 1.165) is 0 Å². The van der Waals surface area contributed by atoms with Gasteiger partial charge in [-0.05, 0) is 12.3 Å². The van der Waals surface area contributed by atoms with Crippen LogP contribution in [0.15, 0.2) is 0 Å². The molecule has 0 spiro atoms. The van der Waals surface area contributed by atoms with Crippen molar-refractivity contribution < 1.29 is 24.2 Å². The van der Waals surface area contributed by atoms with Crippen LogP contribution in [0.4, 0.5) is 0 Å². The molecular formula is C17H32O5. The number of unbranched alkanes of at least 4 members (excludes halogenated alkanes) is 5. The minimum absolute atomic E-state index is 0.0796. The Kier molecular flexibility index (Phi) is 14.1. The lowest BCUT2D eigenvalue weighted by Crippen LogP contribution is -2.14. The van der Waals surface area contributed by atoms with Crippen LogP contribution in [0, 0.1) is 5.92 Å². The van der Waals surface area contributed by atoms with Gasteiger partial charge in [-0.25, -0.2) is 0 Å². The smallest absolute Gasteiger partial charge is 0.306 e. The van der Waals surface area contributed by atoms with E-state index < -0.39 is 11.9 Å². The van der Waals surface area contributed by atoms with Gasteiger partial charge >= 0.3 is 11.9 Å². The van der Waals surface area contributed by atoms with Gasteiger partial charge in [0.15, 0.2) is 0 Å². The summed E-state index contributed by atoms with van der Waals surface area (Å²) in [6, 6.07) is 0. The minimum Gasteiger partial charge on any atom is -0.481 e. The van der Waals surface area contributed by atoms with E-state index in [9.17, 15) is 9.59 Å². The molecule has 0 aromatic rings. The van der Waals surface area contributed by atoms with E-state index in [1.165, 1.54) is 44.9 Å². The Labute approximate surface area is 134 Å². The van der Waals surface area contributed by atoms with Crippen LogP contribution in [0.1, 0.15) is 71.6 Å². The van der Waals surface area contributed by atoms with Gasteiger partial charge in [-0.1, -0.05) is 52.4 Å². The third-order valence-corrected chi connectivity index (χ3v) is 3.49. The summed E-state index contributed by atoms with van der Waals surface area (Å²) in [6.07, 6.45) is 8.74. The first kappa shape index (κ1) is 20.9. The molecule has 0 aromatic carbocycles. The molecule has 22 heavy (non-hydrogen) atoms. The number of hydrogen-bond donors (Lipinski definition) is 1. The number of carbonyl (C=O) groups is 2. The van der Waals surface area contributed by atoms with Crippen molar-refractivity contribution in [1.82, 2.24) is 0 Å². The highest BCUT2D eigenvalue weighted by atomic mass is 16.6. The minimum atomic E-state index is -0.989. The van der Waals surface area contributed by atoms with E-state index in [-0.39, 0.29) is 19.4 Å². The number of esters is 1. The van der Waals surface area contributed by atoms with Gasteiger partial charge in [0.25, 0.3) is 0 Å². The molecule has 0 fully saturated rings. The molecule has 0 rings (SSSR count). The first-order chi connectivity index (χ1) is 10.6. The van der Waals surface area contributed by atoms with Crippen molar-refractivity contribution in [1.29, 1.82) is 0 Å². The molecule has 1 N–H and O–H groups in total. The third-order valence-electron chi connectivity index (χ3n) is 3.49. The standard InChI is InChI=1S/C17H32O5/c1-3-4-5-6-7-8-9-15(2)14-21-12-13-22-17(20)11-10-16(18)19/h15H,3-14H2,1-2H3,(H,18,19). The highest BCUT2D eigenvalue weighted by molar-refractivity contribution is 5.76. The SMILES string of the molecule is CCCCCCCCC(C)COCCOC(=O)CCC(=O)O. The zero-order valence-corrected chi connectivity index (χ0v) is 14.1. The summed E-state index contributed by atoms with van der Waals surface area (Å²) in [5.41, 5.74) is 0. The van der Waals surface area contributed by atoms with Crippen LogP contribution in [0.25, 0.3) is 0 Å². The van der Waals surface area contributed by atoms with Gasteiger partial charge < -0.3 is 14.6 Å². The molecule has 5 heteroatoms. The van der Waals surface area contributed by atoms with Crippen LogP contribution in [0.5, 0.6) is 0 Å². The molecule has 0 amide bonds. The van der Waals surface area contributed by atoms with E-state index in [1.54, 1.807) is 0 Å². The quantitative estimate of drug-likeness (QED) is 0.367. The molecule has 0 aliphatic carbocycles. The normalized spacial score (nSPS) is 12.1. The second-order valence-corrected chi connectivity index (χ2v) is 5.85.